The van der Waals surface area contributed by atoms with E-state index in [9.17, 15) is 15.0 Å². The van der Waals surface area contributed by atoms with E-state index in [4.69, 9.17) is 4.74 Å². The molecule has 0 radical (unpaired) electrons. The van der Waals surface area contributed by atoms with E-state index in [-0.39, 0.29) is 29.1 Å². The fourth-order valence-corrected chi connectivity index (χ4v) is 2.01. The van der Waals surface area contributed by atoms with Crippen LogP contribution in [-0.2, 0) is 4.74 Å². The average molecular weight is 237 g/mol. The summed E-state index contributed by atoms with van der Waals surface area (Å²) in [5, 5.41) is 19.2. The minimum Gasteiger partial charge on any atom is -0.507 e. The maximum atomic E-state index is 12.1. The van der Waals surface area contributed by atoms with Crippen molar-refractivity contribution in [3.05, 3.63) is 23.8 Å². The lowest BCUT2D eigenvalue weighted by atomic mass is 10.1. The van der Waals surface area contributed by atoms with Crippen molar-refractivity contribution in [3.8, 4) is 11.5 Å². The van der Waals surface area contributed by atoms with Gasteiger partial charge in [-0.25, -0.2) is 0 Å². The number of amides is 1. The zero-order valence-corrected chi connectivity index (χ0v) is 9.59. The van der Waals surface area contributed by atoms with E-state index in [0.717, 1.165) is 6.42 Å². The van der Waals surface area contributed by atoms with Gasteiger partial charge in [-0.2, -0.15) is 0 Å². The molecule has 2 N–H and O–H groups in total. The largest absolute Gasteiger partial charge is 0.507 e. The lowest BCUT2D eigenvalue weighted by Crippen LogP contribution is -2.30. The Morgan fingerprint density at radius 1 is 1.41 bits per heavy atom. The number of carbonyl (C=O) groups excluding carboxylic acids is 1. The molecule has 17 heavy (non-hydrogen) atoms. The summed E-state index contributed by atoms with van der Waals surface area (Å²) in [7, 11) is 1.61. The van der Waals surface area contributed by atoms with Gasteiger partial charge in [0.05, 0.1) is 6.10 Å². The Bertz CT molecular complexity index is 412. The quantitative estimate of drug-likeness (QED) is 0.803. The van der Waals surface area contributed by atoms with E-state index in [1.165, 1.54) is 18.2 Å². The molecule has 0 spiro atoms. The van der Waals surface area contributed by atoms with E-state index in [2.05, 4.69) is 0 Å². The Morgan fingerprint density at radius 2 is 2.06 bits per heavy atom. The third-order valence-corrected chi connectivity index (χ3v) is 3.00. The van der Waals surface area contributed by atoms with Crippen molar-refractivity contribution in [1.29, 1.82) is 0 Å². The van der Waals surface area contributed by atoms with Crippen LogP contribution < -0.4 is 0 Å². The summed E-state index contributed by atoms with van der Waals surface area (Å²) < 4.78 is 5.17. The van der Waals surface area contributed by atoms with Crippen molar-refractivity contribution >= 4 is 5.91 Å². The number of hydrogen-bond acceptors (Lipinski definition) is 4. The van der Waals surface area contributed by atoms with Crippen LogP contribution in [-0.4, -0.2) is 47.3 Å². The van der Waals surface area contributed by atoms with E-state index in [0.29, 0.717) is 13.1 Å². The zero-order chi connectivity index (χ0) is 12.4. The smallest absolute Gasteiger partial charge is 0.261 e. The van der Waals surface area contributed by atoms with Gasteiger partial charge in [0.25, 0.3) is 5.91 Å². The first-order valence-electron chi connectivity index (χ1n) is 5.46. The van der Waals surface area contributed by atoms with Crippen molar-refractivity contribution in [1.82, 2.24) is 4.90 Å². The first-order valence-corrected chi connectivity index (χ1v) is 5.46. The molecule has 1 aliphatic rings. The summed E-state index contributed by atoms with van der Waals surface area (Å²) in [6.07, 6.45) is 0.809. The minimum absolute atomic E-state index is 0.0342. The van der Waals surface area contributed by atoms with Crippen molar-refractivity contribution < 1.29 is 19.7 Å². The number of carbonyl (C=O) groups is 1. The number of phenols is 2. The molecule has 1 aliphatic heterocycles. The monoisotopic (exact) mass is 237 g/mol. The van der Waals surface area contributed by atoms with E-state index < -0.39 is 0 Å². The van der Waals surface area contributed by atoms with Gasteiger partial charge in [-0.3, -0.25) is 4.79 Å². The maximum Gasteiger partial charge on any atom is 0.261 e. The summed E-state index contributed by atoms with van der Waals surface area (Å²) >= 11 is 0. The number of phenolic OH excluding ortho intramolecular Hbond substituents is 2. The standard InChI is InChI=1S/C12H15NO4/c1-17-8-5-6-13(7-8)12(16)11-9(14)3-2-4-10(11)15/h2-4,8,14-15H,5-7H2,1H3. The Morgan fingerprint density at radius 3 is 2.59 bits per heavy atom. The molecular formula is C12H15NO4. The van der Waals surface area contributed by atoms with Gasteiger partial charge in [0.2, 0.25) is 0 Å². The Hall–Kier alpha value is -1.75. The second-order valence-corrected chi connectivity index (χ2v) is 4.07. The summed E-state index contributed by atoms with van der Waals surface area (Å²) in [6, 6.07) is 4.26. The van der Waals surface area contributed by atoms with Crippen LogP contribution in [0.2, 0.25) is 0 Å². The molecule has 1 saturated heterocycles. The van der Waals surface area contributed by atoms with E-state index in [1.54, 1.807) is 12.0 Å². The highest BCUT2D eigenvalue weighted by Gasteiger charge is 2.29. The summed E-state index contributed by atoms with van der Waals surface area (Å²) in [4.78, 5) is 13.7. The van der Waals surface area contributed by atoms with Crippen LogP contribution in [0.5, 0.6) is 11.5 Å². The minimum atomic E-state index is -0.361. The first kappa shape index (κ1) is 11.7. The molecule has 5 nitrogen and oxygen atoms in total. The van der Waals surface area contributed by atoms with Crippen LogP contribution in [0.4, 0.5) is 0 Å². The Labute approximate surface area is 99.2 Å². The van der Waals surface area contributed by atoms with Crippen molar-refractivity contribution in [2.75, 3.05) is 20.2 Å². The maximum absolute atomic E-state index is 12.1. The lowest BCUT2D eigenvalue weighted by Gasteiger charge is -2.17. The number of nitrogens with zero attached hydrogens (tertiary/aromatic N) is 1. The first-order chi connectivity index (χ1) is 8.13. The number of aromatic hydroxyl groups is 2. The molecule has 92 valence electrons. The van der Waals surface area contributed by atoms with Gasteiger partial charge in [0, 0.05) is 20.2 Å². The van der Waals surface area contributed by atoms with Crippen LogP contribution in [0.25, 0.3) is 0 Å². The summed E-state index contributed by atoms with van der Waals surface area (Å²) in [6.45, 7) is 1.06. The second kappa shape index (κ2) is 4.63. The Kier molecular flexibility index (Phi) is 3.19. The van der Waals surface area contributed by atoms with Crippen molar-refractivity contribution in [3.63, 3.8) is 0 Å². The summed E-state index contributed by atoms with van der Waals surface area (Å²) in [5.74, 6) is -0.758. The molecule has 0 aliphatic carbocycles. The fraction of sp³-hybridized carbons (Fsp3) is 0.417. The normalized spacial score (nSPS) is 19.6. The molecule has 0 aromatic heterocycles. The third-order valence-electron chi connectivity index (χ3n) is 3.00. The van der Waals surface area contributed by atoms with Crippen LogP contribution in [0.3, 0.4) is 0 Å². The van der Waals surface area contributed by atoms with Crippen molar-refractivity contribution in [2.24, 2.45) is 0 Å². The second-order valence-electron chi connectivity index (χ2n) is 4.07. The number of methoxy groups -OCH3 is 1. The molecule has 1 unspecified atom stereocenters. The van der Waals surface area contributed by atoms with Gasteiger partial charge in [0.15, 0.2) is 0 Å². The molecule has 1 aromatic rings. The van der Waals surface area contributed by atoms with Crippen LogP contribution in [0.1, 0.15) is 16.8 Å². The SMILES string of the molecule is COC1CCN(C(=O)c2c(O)cccc2O)C1. The van der Waals surface area contributed by atoms with E-state index >= 15 is 0 Å². The van der Waals surface area contributed by atoms with Gasteiger partial charge >= 0.3 is 0 Å². The Balaban J connectivity index is 2.21. The highest BCUT2D eigenvalue weighted by atomic mass is 16.5. The van der Waals surface area contributed by atoms with Crippen molar-refractivity contribution in [2.45, 2.75) is 12.5 Å². The van der Waals surface area contributed by atoms with Gasteiger partial charge < -0.3 is 19.8 Å². The molecular weight excluding hydrogens is 222 g/mol. The van der Waals surface area contributed by atoms with Gasteiger partial charge in [-0.05, 0) is 18.6 Å². The number of rotatable bonds is 2. The van der Waals surface area contributed by atoms with Crippen LogP contribution in [0.15, 0.2) is 18.2 Å². The lowest BCUT2D eigenvalue weighted by molar-refractivity contribution is 0.0718. The highest BCUT2D eigenvalue weighted by Crippen LogP contribution is 2.29. The van der Waals surface area contributed by atoms with Gasteiger partial charge in [-0.15, -0.1) is 0 Å². The molecule has 2 rings (SSSR count). The molecule has 5 heteroatoms. The third kappa shape index (κ3) is 2.19. The highest BCUT2D eigenvalue weighted by molar-refractivity contribution is 5.99. The fourth-order valence-electron chi connectivity index (χ4n) is 2.01. The molecule has 0 bridgehead atoms. The van der Waals surface area contributed by atoms with E-state index in [1.807, 2.05) is 0 Å². The van der Waals surface area contributed by atoms with Crippen LogP contribution >= 0.6 is 0 Å². The average Bonchev–Trinajstić information content (AvgIpc) is 2.77. The molecule has 1 heterocycles. The number of hydrogen-bond donors (Lipinski definition) is 2. The molecule has 0 saturated carbocycles. The zero-order valence-electron chi connectivity index (χ0n) is 9.59. The molecule has 1 atom stereocenters. The number of likely N-dealkylation sites (tertiary alicyclic amines) is 1. The molecule has 1 aromatic carbocycles. The van der Waals surface area contributed by atoms with Crippen LogP contribution in [0, 0.1) is 0 Å². The predicted molar refractivity (Wildman–Crippen MR) is 61.1 cm³/mol. The summed E-state index contributed by atoms with van der Waals surface area (Å²) in [5.41, 5.74) is -0.0377. The number of benzene rings is 1. The predicted octanol–water partition coefficient (Wildman–Crippen LogP) is 0.959. The molecule has 1 amide bonds. The number of ether oxygens (including phenoxy) is 1. The van der Waals surface area contributed by atoms with Gasteiger partial charge in [-0.1, -0.05) is 6.07 Å². The van der Waals surface area contributed by atoms with Gasteiger partial charge in [0.1, 0.15) is 17.1 Å². The topological polar surface area (TPSA) is 70.0 Å². The molecule has 1 fully saturated rings.